The Morgan fingerprint density at radius 2 is 2.28 bits per heavy atom. The number of anilines is 1. The fourth-order valence-electron chi connectivity index (χ4n) is 2.16. The van der Waals surface area contributed by atoms with E-state index < -0.39 is 10.0 Å². The maximum atomic E-state index is 12.2. The van der Waals surface area contributed by atoms with Crippen LogP contribution in [0.2, 0.25) is 0 Å². The van der Waals surface area contributed by atoms with Gasteiger partial charge in [-0.25, -0.2) is 13.1 Å². The molecule has 1 fully saturated rings. The zero-order valence-corrected chi connectivity index (χ0v) is 11.8. The predicted octanol–water partition coefficient (Wildman–Crippen LogP) is 1.23. The smallest absolute Gasteiger partial charge is 0.244 e. The molecule has 2 atom stereocenters. The molecule has 7 heteroatoms. The normalized spacial score (nSPS) is 24.3. The van der Waals surface area contributed by atoms with Crippen LogP contribution in [0, 0.1) is 0 Å². The first kappa shape index (κ1) is 13.6. The number of thioether (sulfide) groups is 1. The number of nitrogens with zero attached hydrogens (tertiary/aromatic N) is 1. The lowest BCUT2D eigenvalue weighted by molar-refractivity contribution is 0.552. The first-order chi connectivity index (χ1) is 8.53. The number of pyridine rings is 1. The van der Waals surface area contributed by atoms with Gasteiger partial charge in [0.2, 0.25) is 10.0 Å². The van der Waals surface area contributed by atoms with Crippen LogP contribution < -0.4 is 10.5 Å². The van der Waals surface area contributed by atoms with Gasteiger partial charge in [-0.2, -0.15) is 11.8 Å². The molecule has 1 aliphatic rings. The maximum absolute atomic E-state index is 12.2. The van der Waals surface area contributed by atoms with Crippen molar-refractivity contribution in [3.8, 4) is 0 Å². The largest absolute Gasteiger partial charge is 0.398 e. The molecule has 0 spiro atoms. The van der Waals surface area contributed by atoms with Gasteiger partial charge in [0, 0.05) is 23.7 Å². The minimum absolute atomic E-state index is 0.00653. The van der Waals surface area contributed by atoms with Crippen LogP contribution in [0.15, 0.2) is 23.4 Å². The average molecular weight is 287 g/mol. The van der Waals surface area contributed by atoms with Gasteiger partial charge in [-0.1, -0.05) is 0 Å². The van der Waals surface area contributed by atoms with Crippen molar-refractivity contribution in [2.75, 3.05) is 12.0 Å². The van der Waals surface area contributed by atoms with E-state index in [1.165, 1.54) is 18.5 Å². The minimum Gasteiger partial charge on any atom is -0.398 e. The third-order valence-corrected chi connectivity index (χ3v) is 5.80. The molecular weight excluding hydrogens is 270 g/mol. The van der Waals surface area contributed by atoms with Crippen molar-refractivity contribution >= 4 is 27.5 Å². The second-order valence-electron chi connectivity index (χ2n) is 4.40. The van der Waals surface area contributed by atoms with E-state index in [2.05, 4.69) is 16.0 Å². The van der Waals surface area contributed by atoms with Crippen molar-refractivity contribution in [2.45, 2.75) is 35.4 Å². The van der Waals surface area contributed by atoms with Crippen molar-refractivity contribution in [2.24, 2.45) is 0 Å². The number of nitrogens with two attached hydrogens (primary N) is 1. The number of nitrogens with one attached hydrogen (secondary N) is 1. The molecule has 1 aromatic rings. The molecule has 100 valence electrons. The Morgan fingerprint density at radius 3 is 2.89 bits per heavy atom. The molecule has 1 aromatic heterocycles. The summed E-state index contributed by atoms with van der Waals surface area (Å²) in [5, 5.41) is 0.545. The molecule has 2 rings (SSSR count). The Kier molecular flexibility index (Phi) is 4.14. The molecule has 1 saturated carbocycles. The zero-order valence-electron chi connectivity index (χ0n) is 10.2. The van der Waals surface area contributed by atoms with Crippen LogP contribution in [0.3, 0.4) is 0 Å². The fourth-order valence-corrected chi connectivity index (χ4v) is 4.31. The van der Waals surface area contributed by atoms with Crippen LogP contribution >= 0.6 is 11.8 Å². The number of rotatable bonds is 4. The standard InChI is InChI=1S/C11H17N3O2S2/c1-17-9-3-2-8(6-9)14-18(15,16)11-7-13-5-4-10(11)12/h4-5,7-9,14H,2-3,6H2,1H3,(H2,12,13). The average Bonchev–Trinajstić information content (AvgIpc) is 2.76. The van der Waals surface area contributed by atoms with Gasteiger partial charge in [-0.05, 0) is 31.6 Å². The number of hydrogen-bond donors (Lipinski definition) is 2. The van der Waals surface area contributed by atoms with Gasteiger partial charge >= 0.3 is 0 Å². The van der Waals surface area contributed by atoms with Gasteiger partial charge in [0.25, 0.3) is 0 Å². The second-order valence-corrected chi connectivity index (χ2v) is 7.22. The minimum atomic E-state index is -3.55. The molecule has 0 bridgehead atoms. The van der Waals surface area contributed by atoms with E-state index in [4.69, 9.17) is 5.73 Å². The SMILES string of the molecule is CSC1CCC(NS(=O)(=O)c2cnccc2N)C1. The van der Waals surface area contributed by atoms with Crippen molar-refractivity contribution in [3.63, 3.8) is 0 Å². The summed E-state index contributed by atoms with van der Waals surface area (Å²) in [5.41, 5.74) is 5.90. The number of nitrogen functional groups attached to an aromatic ring is 1. The highest BCUT2D eigenvalue weighted by Gasteiger charge is 2.29. The summed E-state index contributed by atoms with van der Waals surface area (Å²) in [7, 11) is -3.55. The van der Waals surface area contributed by atoms with Crippen molar-refractivity contribution in [1.82, 2.24) is 9.71 Å². The third kappa shape index (κ3) is 2.96. The summed E-state index contributed by atoms with van der Waals surface area (Å²) < 4.78 is 27.0. The Bertz CT molecular complexity index is 519. The number of hydrogen-bond acceptors (Lipinski definition) is 5. The predicted molar refractivity (Wildman–Crippen MR) is 73.9 cm³/mol. The van der Waals surface area contributed by atoms with Crippen molar-refractivity contribution < 1.29 is 8.42 Å². The molecule has 0 aromatic carbocycles. The summed E-state index contributed by atoms with van der Waals surface area (Å²) in [4.78, 5) is 3.88. The molecule has 1 aliphatic carbocycles. The van der Waals surface area contributed by atoms with Crippen molar-refractivity contribution in [3.05, 3.63) is 18.5 Å². The topological polar surface area (TPSA) is 85.1 Å². The Hall–Kier alpha value is -0.790. The van der Waals surface area contributed by atoms with Gasteiger partial charge in [0.15, 0.2) is 0 Å². The van der Waals surface area contributed by atoms with E-state index >= 15 is 0 Å². The third-order valence-electron chi connectivity index (χ3n) is 3.15. The van der Waals surface area contributed by atoms with Gasteiger partial charge in [-0.15, -0.1) is 0 Å². The van der Waals surface area contributed by atoms with Crippen LogP contribution in [0.4, 0.5) is 5.69 Å². The molecule has 0 radical (unpaired) electrons. The molecule has 18 heavy (non-hydrogen) atoms. The van der Waals surface area contributed by atoms with Crippen LogP contribution in [0.25, 0.3) is 0 Å². The molecular formula is C11H17N3O2S2. The molecule has 0 amide bonds. The van der Waals surface area contributed by atoms with E-state index in [9.17, 15) is 8.42 Å². The first-order valence-corrected chi connectivity index (χ1v) is 8.54. The van der Waals surface area contributed by atoms with Crippen LogP contribution in [0.1, 0.15) is 19.3 Å². The maximum Gasteiger partial charge on any atom is 0.244 e. The van der Waals surface area contributed by atoms with Gasteiger partial charge < -0.3 is 5.73 Å². The van der Waals surface area contributed by atoms with E-state index in [0.717, 1.165) is 19.3 Å². The Balaban J connectivity index is 2.11. The lowest BCUT2D eigenvalue weighted by Gasteiger charge is -2.14. The van der Waals surface area contributed by atoms with Gasteiger partial charge in [-0.3, -0.25) is 4.98 Å². The highest BCUT2D eigenvalue weighted by atomic mass is 32.2. The van der Waals surface area contributed by atoms with Crippen LogP contribution in [-0.4, -0.2) is 30.9 Å². The number of sulfonamides is 1. The molecule has 1 heterocycles. The van der Waals surface area contributed by atoms with E-state index in [-0.39, 0.29) is 16.6 Å². The Labute approximate surface area is 112 Å². The van der Waals surface area contributed by atoms with E-state index in [0.29, 0.717) is 5.25 Å². The van der Waals surface area contributed by atoms with Crippen LogP contribution in [0.5, 0.6) is 0 Å². The van der Waals surface area contributed by atoms with Crippen LogP contribution in [-0.2, 0) is 10.0 Å². The molecule has 2 unspecified atom stereocenters. The number of aromatic nitrogens is 1. The Morgan fingerprint density at radius 1 is 1.50 bits per heavy atom. The lowest BCUT2D eigenvalue weighted by atomic mass is 10.3. The monoisotopic (exact) mass is 287 g/mol. The van der Waals surface area contributed by atoms with Gasteiger partial charge in [0.05, 0.1) is 5.69 Å². The van der Waals surface area contributed by atoms with E-state index in [1.54, 1.807) is 11.8 Å². The highest BCUT2D eigenvalue weighted by Crippen LogP contribution is 2.29. The second kappa shape index (κ2) is 5.46. The summed E-state index contributed by atoms with van der Waals surface area (Å²) >= 11 is 1.79. The summed E-state index contributed by atoms with van der Waals surface area (Å²) in [5.74, 6) is 0. The highest BCUT2D eigenvalue weighted by molar-refractivity contribution is 7.99. The molecule has 3 N–H and O–H groups in total. The van der Waals surface area contributed by atoms with Crippen molar-refractivity contribution in [1.29, 1.82) is 0 Å². The summed E-state index contributed by atoms with van der Waals surface area (Å²) in [6, 6.07) is 1.50. The molecule has 0 aliphatic heterocycles. The van der Waals surface area contributed by atoms with E-state index in [1.807, 2.05) is 0 Å². The lowest BCUT2D eigenvalue weighted by Crippen LogP contribution is -2.33. The zero-order chi connectivity index (χ0) is 13.2. The molecule has 5 nitrogen and oxygen atoms in total. The van der Waals surface area contributed by atoms with Gasteiger partial charge in [0.1, 0.15) is 4.90 Å². The molecule has 0 saturated heterocycles. The summed E-state index contributed by atoms with van der Waals surface area (Å²) in [6.45, 7) is 0. The quantitative estimate of drug-likeness (QED) is 0.870. The fraction of sp³-hybridized carbons (Fsp3) is 0.545. The first-order valence-electron chi connectivity index (χ1n) is 5.77. The summed E-state index contributed by atoms with van der Waals surface area (Å²) in [6.07, 6.45) is 7.63.